The molecule has 96 valence electrons. The van der Waals surface area contributed by atoms with Crippen LogP contribution in [0.5, 0.6) is 0 Å². The third-order valence-electron chi connectivity index (χ3n) is 2.59. The van der Waals surface area contributed by atoms with E-state index in [2.05, 4.69) is 46.4 Å². The van der Waals surface area contributed by atoms with Crippen molar-refractivity contribution in [3.63, 3.8) is 0 Å². The normalized spacial score (nSPS) is 12.6. The highest BCUT2D eigenvalue weighted by Crippen LogP contribution is 2.21. The Bertz CT molecular complexity index is 472. The van der Waals surface area contributed by atoms with Gasteiger partial charge in [-0.3, -0.25) is 0 Å². The van der Waals surface area contributed by atoms with Crippen LogP contribution in [-0.4, -0.2) is 12.3 Å². The van der Waals surface area contributed by atoms with Crippen molar-refractivity contribution in [3.05, 3.63) is 52.9 Å². The van der Waals surface area contributed by atoms with Crippen molar-refractivity contribution >= 4 is 27.7 Å². The first kappa shape index (κ1) is 13.7. The van der Waals surface area contributed by atoms with Crippen molar-refractivity contribution in [3.8, 4) is 0 Å². The number of thioether (sulfide) groups is 1. The predicted octanol–water partition coefficient (Wildman–Crippen LogP) is 4.49. The summed E-state index contributed by atoms with van der Waals surface area (Å²) in [4.78, 5) is 1.29. The molecule has 1 atom stereocenters. The second-order valence-electron chi connectivity index (χ2n) is 4.00. The summed E-state index contributed by atoms with van der Waals surface area (Å²) in [5.74, 6) is 2.03. The standard InChI is InChI=1S/C14H16BrNOS/c1-11(14-6-3-8-17-14)16-7-9-18-13-5-2-4-12(15)10-13/h2-6,8,10-11,16H,7,9H2,1H3. The fraction of sp³-hybridized carbons (Fsp3) is 0.286. The molecule has 2 nitrogen and oxygen atoms in total. The van der Waals surface area contributed by atoms with E-state index in [-0.39, 0.29) is 6.04 Å². The van der Waals surface area contributed by atoms with Crippen LogP contribution in [0.15, 0.2) is 56.4 Å². The summed E-state index contributed by atoms with van der Waals surface area (Å²) in [6, 6.07) is 12.6. The molecular formula is C14H16BrNOS. The molecule has 2 aromatic rings. The molecule has 1 N–H and O–H groups in total. The summed E-state index contributed by atoms with van der Waals surface area (Å²) in [6.45, 7) is 3.07. The Balaban J connectivity index is 1.70. The largest absolute Gasteiger partial charge is 0.468 e. The van der Waals surface area contributed by atoms with Crippen LogP contribution in [0.1, 0.15) is 18.7 Å². The first-order valence-corrected chi connectivity index (χ1v) is 7.69. The minimum atomic E-state index is 0.267. The number of rotatable bonds is 6. The van der Waals surface area contributed by atoms with Crippen molar-refractivity contribution in [2.24, 2.45) is 0 Å². The van der Waals surface area contributed by atoms with E-state index >= 15 is 0 Å². The van der Waals surface area contributed by atoms with Gasteiger partial charge in [-0.1, -0.05) is 22.0 Å². The van der Waals surface area contributed by atoms with Crippen molar-refractivity contribution in [2.45, 2.75) is 17.9 Å². The zero-order valence-electron chi connectivity index (χ0n) is 10.2. The SMILES string of the molecule is CC(NCCSc1cccc(Br)c1)c1ccco1. The number of hydrogen-bond donors (Lipinski definition) is 1. The van der Waals surface area contributed by atoms with Crippen molar-refractivity contribution < 1.29 is 4.42 Å². The molecule has 18 heavy (non-hydrogen) atoms. The molecule has 0 saturated carbocycles. The Morgan fingerprint density at radius 2 is 2.22 bits per heavy atom. The third kappa shape index (κ3) is 4.19. The molecule has 0 saturated heterocycles. The lowest BCUT2D eigenvalue weighted by Crippen LogP contribution is -2.20. The molecule has 1 aromatic heterocycles. The molecule has 1 heterocycles. The molecule has 0 aliphatic carbocycles. The predicted molar refractivity (Wildman–Crippen MR) is 80.0 cm³/mol. The van der Waals surface area contributed by atoms with Crippen LogP contribution in [0, 0.1) is 0 Å². The van der Waals surface area contributed by atoms with Gasteiger partial charge in [0.1, 0.15) is 5.76 Å². The maximum Gasteiger partial charge on any atom is 0.120 e. The van der Waals surface area contributed by atoms with Crippen LogP contribution in [0.25, 0.3) is 0 Å². The van der Waals surface area contributed by atoms with Gasteiger partial charge in [-0.2, -0.15) is 0 Å². The van der Waals surface area contributed by atoms with Gasteiger partial charge in [-0.05, 0) is 37.3 Å². The molecular weight excluding hydrogens is 310 g/mol. The van der Waals surface area contributed by atoms with Gasteiger partial charge in [-0.25, -0.2) is 0 Å². The van der Waals surface area contributed by atoms with Gasteiger partial charge in [0.2, 0.25) is 0 Å². The molecule has 4 heteroatoms. The monoisotopic (exact) mass is 325 g/mol. The van der Waals surface area contributed by atoms with Crippen molar-refractivity contribution in [1.29, 1.82) is 0 Å². The maximum atomic E-state index is 5.35. The molecule has 0 amide bonds. The summed E-state index contributed by atoms with van der Waals surface area (Å²) < 4.78 is 6.48. The maximum absolute atomic E-state index is 5.35. The van der Waals surface area contributed by atoms with Crippen LogP contribution in [0.2, 0.25) is 0 Å². The first-order valence-electron chi connectivity index (χ1n) is 5.91. The molecule has 0 radical (unpaired) electrons. The molecule has 1 aromatic carbocycles. The second kappa shape index (κ2) is 7.02. The van der Waals surface area contributed by atoms with Crippen LogP contribution >= 0.6 is 27.7 Å². The second-order valence-corrected chi connectivity index (χ2v) is 6.08. The van der Waals surface area contributed by atoms with Crippen LogP contribution in [0.4, 0.5) is 0 Å². The quantitative estimate of drug-likeness (QED) is 0.626. The van der Waals surface area contributed by atoms with E-state index in [0.29, 0.717) is 0 Å². The molecule has 0 spiro atoms. The molecule has 0 bridgehead atoms. The average molecular weight is 326 g/mol. The lowest BCUT2D eigenvalue weighted by molar-refractivity contribution is 0.438. The van der Waals surface area contributed by atoms with E-state index in [9.17, 15) is 0 Å². The summed E-state index contributed by atoms with van der Waals surface area (Å²) in [7, 11) is 0. The fourth-order valence-corrected chi connectivity index (χ4v) is 3.03. The topological polar surface area (TPSA) is 25.2 Å². The Morgan fingerprint density at radius 3 is 2.94 bits per heavy atom. The lowest BCUT2D eigenvalue weighted by atomic mass is 10.2. The van der Waals surface area contributed by atoms with Gasteiger partial charge in [0.25, 0.3) is 0 Å². The molecule has 2 rings (SSSR count). The average Bonchev–Trinajstić information content (AvgIpc) is 2.88. The van der Waals surface area contributed by atoms with Gasteiger partial charge >= 0.3 is 0 Å². The fourth-order valence-electron chi connectivity index (χ4n) is 1.64. The molecule has 0 fully saturated rings. The van der Waals surface area contributed by atoms with E-state index in [1.54, 1.807) is 6.26 Å². The van der Waals surface area contributed by atoms with Gasteiger partial charge in [0, 0.05) is 21.7 Å². The van der Waals surface area contributed by atoms with Gasteiger partial charge < -0.3 is 9.73 Å². The minimum Gasteiger partial charge on any atom is -0.468 e. The van der Waals surface area contributed by atoms with E-state index in [0.717, 1.165) is 22.5 Å². The third-order valence-corrected chi connectivity index (χ3v) is 4.08. The number of furan rings is 1. The van der Waals surface area contributed by atoms with Gasteiger partial charge in [0.15, 0.2) is 0 Å². The van der Waals surface area contributed by atoms with Crippen LogP contribution in [0.3, 0.4) is 0 Å². The minimum absolute atomic E-state index is 0.267. The lowest BCUT2D eigenvalue weighted by Gasteiger charge is -2.10. The Morgan fingerprint density at radius 1 is 1.33 bits per heavy atom. The first-order chi connectivity index (χ1) is 8.75. The summed E-state index contributed by atoms with van der Waals surface area (Å²) in [5.41, 5.74) is 0. The van der Waals surface area contributed by atoms with Crippen LogP contribution < -0.4 is 5.32 Å². The Kier molecular flexibility index (Phi) is 5.35. The van der Waals surface area contributed by atoms with Gasteiger partial charge in [0.05, 0.1) is 12.3 Å². The summed E-state index contributed by atoms with van der Waals surface area (Å²) in [6.07, 6.45) is 1.71. The van der Waals surface area contributed by atoms with E-state index in [1.807, 2.05) is 30.0 Å². The van der Waals surface area contributed by atoms with Crippen molar-refractivity contribution in [2.75, 3.05) is 12.3 Å². The molecule has 1 unspecified atom stereocenters. The molecule has 0 aliphatic heterocycles. The highest BCUT2D eigenvalue weighted by atomic mass is 79.9. The summed E-state index contributed by atoms with van der Waals surface area (Å²) >= 11 is 5.33. The zero-order chi connectivity index (χ0) is 12.8. The summed E-state index contributed by atoms with van der Waals surface area (Å²) in [5, 5.41) is 3.44. The number of benzene rings is 1. The molecule has 0 aliphatic rings. The Hall–Kier alpha value is -0.710. The van der Waals surface area contributed by atoms with Gasteiger partial charge in [-0.15, -0.1) is 11.8 Å². The van der Waals surface area contributed by atoms with E-state index in [1.165, 1.54) is 4.90 Å². The van der Waals surface area contributed by atoms with Crippen LogP contribution in [-0.2, 0) is 0 Å². The smallest absolute Gasteiger partial charge is 0.120 e. The Labute approximate surface area is 120 Å². The number of nitrogens with one attached hydrogen (secondary N) is 1. The van der Waals surface area contributed by atoms with E-state index < -0.39 is 0 Å². The number of halogens is 1. The highest BCUT2D eigenvalue weighted by Gasteiger charge is 2.06. The van der Waals surface area contributed by atoms with E-state index in [4.69, 9.17) is 4.42 Å². The van der Waals surface area contributed by atoms with Crippen molar-refractivity contribution in [1.82, 2.24) is 5.32 Å². The highest BCUT2D eigenvalue weighted by molar-refractivity contribution is 9.10. The number of hydrogen-bond acceptors (Lipinski definition) is 3. The zero-order valence-corrected chi connectivity index (χ0v) is 12.6.